The van der Waals surface area contributed by atoms with Crippen molar-refractivity contribution in [2.45, 2.75) is 4.90 Å². The van der Waals surface area contributed by atoms with E-state index < -0.39 is 9.92 Å². The smallest absolute Gasteiger partial charge is 0.185 e. The lowest BCUT2D eigenvalue weighted by Crippen LogP contribution is -2.32. The van der Waals surface area contributed by atoms with Crippen LogP contribution in [0.15, 0.2) is 171 Å². The Labute approximate surface area is 260 Å². The molecule has 0 spiro atoms. The molecular formula is C41H26N2OS. The number of hydrogen-bond donors (Lipinski definition) is 0. The Hall–Kier alpha value is -5.58. The van der Waals surface area contributed by atoms with Gasteiger partial charge in [-0.15, -0.1) is 0 Å². The molecule has 0 N–H and O–H groups in total. The normalized spacial score (nSPS) is 16.0. The Balaban J connectivity index is 1.30. The summed E-state index contributed by atoms with van der Waals surface area (Å²) in [4.78, 5) is 0.603. The van der Waals surface area contributed by atoms with Crippen molar-refractivity contribution in [2.75, 3.05) is 0 Å². The Morgan fingerprint density at radius 3 is 1.73 bits per heavy atom. The fourth-order valence-corrected chi connectivity index (χ4v) is 8.36. The molecule has 4 heteroatoms. The van der Waals surface area contributed by atoms with E-state index in [2.05, 4.69) is 109 Å². The molecule has 1 unspecified atom stereocenters. The van der Waals surface area contributed by atoms with E-state index in [4.69, 9.17) is 8.76 Å². The minimum atomic E-state index is -3.11. The minimum absolute atomic E-state index is 0.603. The van der Waals surface area contributed by atoms with Crippen LogP contribution in [0.3, 0.4) is 0 Å². The third-order valence-corrected chi connectivity index (χ3v) is 10.6. The van der Waals surface area contributed by atoms with Crippen molar-refractivity contribution in [2.24, 2.45) is 8.76 Å². The third-order valence-electron chi connectivity index (χ3n) is 8.85. The Kier molecular flexibility index (Phi) is 5.74. The van der Waals surface area contributed by atoms with Gasteiger partial charge in [-0.3, -0.25) is 0 Å². The highest BCUT2D eigenvalue weighted by atomic mass is 32.2. The van der Waals surface area contributed by atoms with Crippen LogP contribution in [0.25, 0.3) is 59.9 Å². The van der Waals surface area contributed by atoms with Gasteiger partial charge in [0.2, 0.25) is 0 Å². The Bertz CT molecular complexity index is 2720. The first-order valence-corrected chi connectivity index (χ1v) is 16.5. The number of rotatable bonds is 3. The van der Waals surface area contributed by atoms with E-state index in [0.717, 1.165) is 38.0 Å². The zero-order chi connectivity index (χ0) is 30.0. The van der Waals surface area contributed by atoms with Gasteiger partial charge in [0.25, 0.3) is 0 Å². The molecule has 0 saturated heterocycles. The number of fused-ring (bicyclic) bond motifs is 9. The van der Waals surface area contributed by atoms with Gasteiger partial charge in [-0.25, -0.2) is 4.21 Å². The van der Waals surface area contributed by atoms with E-state index in [9.17, 15) is 4.21 Å². The molecule has 0 fully saturated rings. The second-order valence-corrected chi connectivity index (χ2v) is 13.3. The van der Waals surface area contributed by atoms with Crippen LogP contribution in [0.1, 0.15) is 5.56 Å². The predicted octanol–water partition coefficient (Wildman–Crippen LogP) is 9.20. The molecule has 0 aliphatic carbocycles. The first-order chi connectivity index (χ1) is 22.2. The summed E-state index contributed by atoms with van der Waals surface area (Å²) in [5.41, 5.74) is 3.79. The monoisotopic (exact) mass is 594 g/mol. The maximum Gasteiger partial charge on any atom is 0.185 e. The van der Waals surface area contributed by atoms with Crippen molar-refractivity contribution in [1.82, 2.24) is 0 Å². The molecule has 0 saturated carbocycles. The highest BCUT2D eigenvalue weighted by molar-refractivity contribution is 7.92. The maximum atomic E-state index is 14.6. The van der Waals surface area contributed by atoms with Crippen LogP contribution < -0.4 is 10.6 Å². The van der Waals surface area contributed by atoms with Gasteiger partial charge in [-0.2, -0.15) is 8.76 Å². The van der Waals surface area contributed by atoms with Gasteiger partial charge in [-0.05, 0) is 79.2 Å². The van der Waals surface area contributed by atoms with Crippen molar-refractivity contribution in [1.29, 1.82) is 0 Å². The van der Waals surface area contributed by atoms with Crippen molar-refractivity contribution in [3.8, 4) is 11.1 Å². The number of nitrogens with zero attached hydrogens (tertiary/aromatic N) is 2. The number of hydrogen-bond acceptors (Lipinski definition) is 2. The van der Waals surface area contributed by atoms with Crippen LogP contribution in [0, 0.1) is 0 Å². The molecule has 1 aliphatic rings. The van der Waals surface area contributed by atoms with Crippen molar-refractivity contribution >= 4 is 58.7 Å². The maximum absolute atomic E-state index is 14.6. The van der Waals surface area contributed by atoms with Crippen molar-refractivity contribution in [3.05, 3.63) is 174 Å². The third kappa shape index (κ3) is 4.10. The van der Waals surface area contributed by atoms with E-state index in [-0.39, 0.29) is 0 Å². The largest absolute Gasteiger partial charge is 0.221 e. The molecule has 1 aliphatic heterocycles. The van der Waals surface area contributed by atoms with E-state index in [0.29, 0.717) is 10.6 Å². The highest BCUT2D eigenvalue weighted by Crippen LogP contribution is 2.37. The zero-order valence-electron chi connectivity index (χ0n) is 24.2. The van der Waals surface area contributed by atoms with Crippen LogP contribution in [-0.2, 0) is 9.92 Å². The topological polar surface area (TPSA) is 41.8 Å². The van der Waals surface area contributed by atoms with Crippen molar-refractivity contribution in [3.63, 3.8) is 0 Å². The standard InChI is InChI=1S/C41H26N2OS/c44-45(31-14-2-1-3-15-31)42-40(38-24-21-27-11-4-5-16-32(27)41(38)43-45)30-13-10-12-28(25-30)29-22-23-37-35-19-7-6-17-33(35)34-18-8-9-20-36(34)39(37)26-29/h1-26H. The fourth-order valence-electron chi connectivity index (χ4n) is 6.71. The summed E-state index contributed by atoms with van der Waals surface area (Å²) >= 11 is 0. The number of benzene rings is 8. The molecule has 45 heavy (non-hydrogen) atoms. The SMILES string of the molecule is O=S1(c2ccccc2)=NC(c2cccc(-c3ccc4c5ccccc5c5ccccc5c4c3)c2)=c2ccc3ccccc3c2=N1. The van der Waals surface area contributed by atoms with Crippen LogP contribution in [0.2, 0.25) is 0 Å². The first kappa shape index (κ1) is 25.9. The highest BCUT2D eigenvalue weighted by Gasteiger charge is 2.20. The van der Waals surface area contributed by atoms with Crippen LogP contribution >= 0.6 is 0 Å². The predicted molar refractivity (Wildman–Crippen MR) is 187 cm³/mol. The van der Waals surface area contributed by atoms with Gasteiger partial charge in [-0.1, -0.05) is 127 Å². The van der Waals surface area contributed by atoms with Crippen molar-refractivity contribution < 1.29 is 4.21 Å². The minimum Gasteiger partial charge on any atom is -0.221 e. The summed E-state index contributed by atoms with van der Waals surface area (Å²) in [6.45, 7) is 0. The Morgan fingerprint density at radius 2 is 1.00 bits per heavy atom. The second-order valence-electron chi connectivity index (χ2n) is 11.5. The van der Waals surface area contributed by atoms with Crippen LogP contribution in [0.5, 0.6) is 0 Å². The molecule has 1 heterocycles. The lowest BCUT2D eigenvalue weighted by atomic mass is 9.91. The summed E-state index contributed by atoms with van der Waals surface area (Å²) in [6.07, 6.45) is 0. The van der Waals surface area contributed by atoms with E-state index in [1.165, 1.54) is 32.3 Å². The molecule has 212 valence electrons. The fraction of sp³-hybridized carbons (Fsp3) is 0. The molecule has 1 atom stereocenters. The molecule has 0 aromatic heterocycles. The lowest BCUT2D eigenvalue weighted by molar-refractivity contribution is 0.677. The van der Waals surface area contributed by atoms with E-state index >= 15 is 0 Å². The summed E-state index contributed by atoms with van der Waals surface area (Å²) in [6, 6.07) is 54.1. The van der Waals surface area contributed by atoms with Gasteiger partial charge < -0.3 is 0 Å². The van der Waals surface area contributed by atoms with Gasteiger partial charge in [0.1, 0.15) is 0 Å². The summed E-state index contributed by atoms with van der Waals surface area (Å²) in [5.74, 6) is 0. The molecule has 8 aromatic rings. The molecule has 9 rings (SSSR count). The lowest BCUT2D eigenvalue weighted by Gasteiger charge is -2.15. The molecular weight excluding hydrogens is 569 g/mol. The molecule has 3 nitrogen and oxygen atoms in total. The quantitative estimate of drug-likeness (QED) is 0.188. The van der Waals surface area contributed by atoms with Crippen LogP contribution in [-0.4, -0.2) is 4.21 Å². The zero-order valence-corrected chi connectivity index (χ0v) is 25.0. The summed E-state index contributed by atoms with van der Waals surface area (Å²) in [7, 11) is -3.11. The first-order valence-electron chi connectivity index (χ1n) is 15.0. The average Bonchev–Trinajstić information content (AvgIpc) is 3.11. The molecule has 0 amide bonds. The second kappa shape index (κ2) is 9.98. The summed E-state index contributed by atoms with van der Waals surface area (Å²) < 4.78 is 24.4. The molecule has 8 aromatic carbocycles. The van der Waals surface area contributed by atoms with Gasteiger partial charge in [0.05, 0.1) is 15.9 Å². The van der Waals surface area contributed by atoms with Crippen LogP contribution in [0.4, 0.5) is 0 Å². The van der Waals surface area contributed by atoms with Gasteiger partial charge in [0, 0.05) is 16.2 Å². The van der Waals surface area contributed by atoms with Gasteiger partial charge in [0.15, 0.2) is 9.92 Å². The average molecular weight is 595 g/mol. The summed E-state index contributed by atoms with van der Waals surface area (Å²) in [5, 5.41) is 11.1. The Morgan fingerprint density at radius 1 is 0.422 bits per heavy atom. The molecule has 0 radical (unpaired) electrons. The molecule has 0 bridgehead atoms. The van der Waals surface area contributed by atoms with Gasteiger partial charge >= 0.3 is 0 Å². The van der Waals surface area contributed by atoms with E-state index in [1.807, 2.05) is 48.5 Å². The van der Waals surface area contributed by atoms with E-state index in [1.54, 1.807) is 0 Å².